The number of rotatable bonds is 1. The monoisotopic (exact) mass is 342 g/mol. The van der Waals surface area contributed by atoms with Crippen LogP contribution in [0, 0.1) is 58.7 Å². The highest BCUT2D eigenvalue weighted by Gasteiger charge is 2.62. The lowest BCUT2D eigenvalue weighted by molar-refractivity contribution is -0.148. The predicted octanol–water partition coefficient (Wildman–Crippen LogP) is 4.45. The number of fused-ring (bicyclic) bond motifs is 5. The smallest absolute Gasteiger partial charge is 0.133 e. The van der Waals surface area contributed by atoms with Gasteiger partial charge in [-0.3, -0.25) is 4.79 Å². The molecule has 0 aliphatic heterocycles. The van der Waals surface area contributed by atoms with Gasteiger partial charge >= 0.3 is 0 Å². The summed E-state index contributed by atoms with van der Waals surface area (Å²) in [5.74, 6) is 6.68. The molecule has 4 aliphatic carbocycles. The third-order valence-corrected chi connectivity index (χ3v) is 9.47. The summed E-state index contributed by atoms with van der Waals surface area (Å²) in [5.41, 5.74) is 0.405. The molecule has 0 radical (unpaired) electrons. The van der Waals surface area contributed by atoms with Crippen LogP contribution in [0.15, 0.2) is 0 Å². The molecule has 2 heteroatoms. The molecule has 138 valence electrons. The summed E-state index contributed by atoms with van der Waals surface area (Å²) in [7, 11) is 0. The SMILES string of the molecule is C#CC1C[C@H](O)C[C@@H]2CC[C@H]3[C@@H]4CC[C@H](C(C)=O)[C@@]4(C)CC[C@@H]3[C@@]12C. The Morgan fingerprint density at radius 3 is 2.52 bits per heavy atom. The van der Waals surface area contributed by atoms with Gasteiger partial charge in [0.25, 0.3) is 0 Å². The number of carbonyl (C=O) groups excluding carboxylic acids is 1. The van der Waals surface area contributed by atoms with E-state index in [4.69, 9.17) is 6.42 Å². The molecule has 0 aromatic rings. The van der Waals surface area contributed by atoms with Gasteiger partial charge in [0.1, 0.15) is 5.78 Å². The quantitative estimate of drug-likeness (QED) is 0.715. The summed E-state index contributed by atoms with van der Waals surface area (Å²) in [6.07, 6.45) is 14.7. The van der Waals surface area contributed by atoms with Crippen molar-refractivity contribution in [1.29, 1.82) is 0 Å². The first-order chi connectivity index (χ1) is 11.8. The molecule has 1 N–H and O–H groups in total. The normalized spacial score (nSPS) is 54.8. The van der Waals surface area contributed by atoms with E-state index in [0.29, 0.717) is 23.5 Å². The third-order valence-electron chi connectivity index (χ3n) is 9.47. The lowest BCUT2D eigenvalue weighted by Gasteiger charge is -2.62. The number of aliphatic hydroxyl groups excluding tert-OH is 1. The number of aliphatic hydroxyl groups is 1. The fourth-order valence-corrected chi connectivity index (χ4v) is 8.25. The maximum absolute atomic E-state index is 12.2. The molecule has 1 unspecified atom stereocenters. The lowest BCUT2D eigenvalue weighted by Crippen LogP contribution is -2.57. The van der Waals surface area contributed by atoms with Crippen LogP contribution in [0.1, 0.15) is 72.1 Å². The first-order valence-corrected chi connectivity index (χ1v) is 10.5. The molecule has 4 rings (SSSR count). The number of terminal acetylenes is 1. The standard InChI is InChI=1S/C23H34O2/c1-5-15-12-17(25)13-16-6-7-18-20-9-8-19(14(2)24)22(20,3)11-10-21(18)23(15,16)4/h1,15-21,25H,6-13H2,2-4H3/t15?,16-,17-,18-,19+,20-,21-,22+,23-/m0/s1. The third kappa shape index (κ3) is 2.31. The Morgan fingerprint density at radius 2 is 1.84 bits per heavy atom. The van der Waals surface area contributed by atoms with Gasteiger partial charge in [-0.05, 0) is 92.8 Å². The molecule has 0 saturated heterocycles. The van der Waals surface area contributed by atoms with E-state index in [1.807, 2.05) is 0 Å². The molecular weight excluding hydrogens is 308 g/mol. The zero-order valence-corrected chi connectivity index (χ0v) is 16.1. The molecule has 0 aromatic heterocycles. The fourth-order valence-electron chi connectivity index (χ4n) is 8.25. The molecule has 0 amide bonds. The van der Waals surface area contributed by atoms with Gasteiger partial charge in [0.15, 0.2) is 0 Å². The molecule has 4 aliphatic rings. The van der Waals surface area contributed by atoms with Gasteiger partial charge in [-0.15, -0.1) is 12.3 Å². The Bertz CT molecular complexity index is 604. The van der Waals surface area contributed by atoms with Gasteiger partial charge in [-0.1, -0.05) is 13.8 Å². The van der Waals surface area contributed by atoms with Crippen LogP contribution in [-0.4, -0.2) is 17.0 Å². The fraction of sp³-hybridized carbons (Fsp3) is 0.870. The molecule has 0 aromatic carbocycles. The Kier molecular flexibility index (Phi) is 4.12. The minimum atomic E-state index is -0.210. The minimum Gasteiger partial charge on any atom is -0.393 e. The van der Waals surface area contributed by atoms with E-state index in [-0.39, 0.29) is 28.8 Å². The zero-order chi connectivity index (χ0) is 18.0. The van der Waals surface area contributed by atoms with Crippen molar-refractivity contribution in [3.05, 3.63) is 0 Å². The topological polar surface area (TPSA) is 37.3 Å². The second-order valence-electron chi connectivity index (χ2n) is 10.1. The van der Waals surface area contributed by atoms with Crippen LogP contribution in [-0.2, 0) is 4.79 Å². The van der Waals surface area contributed by atoms with Gasteiger partial charge in [0.05, 0.1) is 6.10 Å². The molecular formula is C23H34O2. The summed E-state index contributed by atoms with van der Waals surface area (Å²) in [5, 5.41) is 10.3. The van der Waals surface area contributed by atoms with Crippen LogP contribution in [0.25, 0.3) is 0 Å². The molecule has 0 spiro atoms. The number of hydrogen-bond donors (Lipinski definition) is 1. The Labute approximate surface area is 153 Å². The predicted molar refractivity (Wildman–Crippen MR) is 99.6 cm³/mol. The molecule has 4 saturated carbocycles. The van der Waals surface area contributed by atoms with E-state index >= 15 is 0 Å². The number of carbonyl (C=O) groups is 1. The van der Waals surface area contributed by atoms with Crippen molar-refractivity contribution >= 4 is 5.78 Å². The second kappa shape index (κ2) is 5.85. The van der Waals surface area contributed by atoms with Crippen molar-refractivity contribution in [3.63, 3.8) is 0 Å². The van der Waals surface area contributed by atoms with Crippen LogP contribution in [0.5, 0.6) is 0 Å². The summed E-state index contributed by atoms with van der Waals surface area (Å²) >= 11 is 0. The van der Waals surface area contributed by atoms with Crippen molar-refractivity contribution in [3.8, 4) is 12.3 Å². The Morgan fingerprint density at radius 1 is 1.08 bits per heavy atom. The summed E-state index contributed by atoms with van der Waals surface area (Å²) < 4.78 is 0. The van der Waals surface area contributed by atoms with Gasteiger partial charge in [0.2, 0.25) is 0 Å². The van der Waals surface area contributed by atoms with E-state index in [0.717, 1.165) is 25.2 Å². The number of Topliss-reactive ketones (excluding diaryl/α,β-unsaturated/α-hetero) is 1. The van der Waals surface area contributed by atoms with Gasteiger partial charge < -0.3 is 5.11 Å². The minimum absolute atomic E-state index is 0.187. The maximum Gasteiger partial charge on any atom is 0.133 e. The van der Waals surface area contributed by atoms with Crippen LogP contribution in [0.2, 0.25) is 0 Å². The summed E-state index contributed by atoms with van der Waals surface area (Å²) in [6.45, 7) is 6.66. The van der Waals surface area contributed by atoms with Crippen molar-refractivity contribution in [2.24, 2.45) is 46.3 Å². The average molecular weight is 343 g/mol. The van der Waals surface area contributed by atoms with E-state index in [1.54, 1.807) is 6.92 Å². The highest BCUT2D eigenvalue weighted by molar-refractivity contribution is 5.79. The van der Waals surface area contributed by atoms with Crippen molar-refractivity contribution in [2.75, 3.05) is 0 Å². The van der Waals surface area contributed by atoms with Crippen LogP contribution < -0.4 is 0 Å². The molecule has 9 atom stereocenters. The van der Waals surface area contributed by atoms with E-state index in [1.165, 1.54) is 32.1 Å². The first kappa shape index (κ1) is 17.6. The molecule has 2 nitrogen and oxygen atoms in total. The van der Waals surface area contributed by atoms with Crippen molar-refractivity contribution in [1.82, 2.24) is 0 Å². The van der Waals surface area contributed by atoms with Crippen molar-refractivity contribution in [2.45, 2.75) is 78.2 Å². The largest absolute Gasteiger partial charge is 0.393 e. The summed E-state index contributed by atoms with van der Waals surface area (Å²) in [4.78, 5) is 12.2. The number of hydrogen-bond acceptors (Lipinski definition) is 2. The van der Waals surface area contributed by atoms with Crippen LogP contribution in [0.4, 0.5) is 0 Å². The van der Waals surface area contributed by atoms with Gasteiger partial charge in [-0.2, -0.15) is 0 Å². The van der Waals surface area contributed by atoms with Crippen molar-refractivity contribution < 1.29 is 9.90 Å². The lowest BCUT2D eigenvalue weighted by atomic mass is 9.42. The molecule has 25 heavy (non-hydrogen) atoms. The molecule has 0 bridgehead atoms. The van der Waals surface area contributed by atoms with E-state index in [2.05, 4.69) is 19.8 Å². The van der Waals surface area contributed by atoms with E-state index < -0.39 is 0 Å². The van der Waals surface area contributed by atoms with Gasteiger partial charge in [0, 0.05) is 11.8 Å². The maximum atomic E-state index is 12.2. The molecule has 0 heterocycles. The van der Waals surface area contributed by atoms with Crippen LogP contribution in [0.3, 0.4) is 0 Å². The number of ketones is 1. The van der Waals surface area contributed by atoms with Crippen LogP contribution >= 0.6 is 0 Å². The molecule has 4 fully saturated rings. The Balaban J connectivity index is 1.67. The van der Waals surface area contributed by atoms with E-state index in [9.17, 15) is 9.90 Å². The van der Waals surface area contributed by atoms with Gasteiger partial charge in [-0.25, -0.2) is 0 Å². The highest BCUT2D eigenvalue weighted by atomic mass is 16.3. The first-order valence-electron chi connectivity index (χ1n) is 10.5. The zero-order valence-electron chi connectivity index (χ0n) is 16.1. The summed E-state index contributed by atoms with van der Waals surface area (Å²) in [6, 6.07) is 0. The Hall–Kier alpha value is -0.810. The second-order valence-corrected chi connectivity index (χ2v) is 10.1. The highest BCUT2D eigenvalue weighted by Crippen LogP contribution is 2.68. The average Bonchev–Trinajstić information content (AvgIpc) is 2.92.